The number of halogens is 1. The molecule has 21 heavy (non-hydrogen) atoms. The molecule has 0 radical (unpaired) electrons. The molecular formula is C15H20FN3O2. The Bertz CT molecular complexity index is 552. The standard InChI is InChI=1S/C15H20FN3O2/c1-11-10-12(16)4-5-13(11)14(20)18-6-8-19(9-7-18)15(21)17(2)3/h4-5,10H,6-9H2,1-3H3. The first-order chi connectivity index (χ1) is 9.90. The Morgan fingerprint density at radius 3 is 2.19 bits per heavy atom. The van der Waals surface area contributed by atoms with Crippen LogP contribution in [0, 0.1) is 12.7 Å². The molecule has 1 aromatic carbocycles. The molecule has 0 bridgehead atoms. The highest BCUT2D eigenvalue weighted by Crippen LogP contribution is 2.14. The number of benzene rings is 1. The third-order valence-electron chi connectivity index (χ3n) is 3.64. The second-order valence-corrected chi connectivity index (χ2v) is 5.42. The van der Waals surface area contributed by atoms with Gasteiger partial charge in [-0.3, -0.25) is 4.79 Å². The van der Waals surface area contributed by atoms with Gasteiger partial charge in [0.15, 0.2) is 0 Å². The van der Waals surface area contributed by atoms with Crippen molar-refractivity contribution in [3.05, 3.63) is 35.1 Å². The lowest BCUT2D eigenvalue weighted by Gasteiger charge is -2.36. The Morgan fingerprint density at radius 2 is 1.67 bits per heavy atom. The fourth-order valence-electron chi connectivity index (χ4n) is 2.42. The summed E-state index contributed by atoms with van der Waals surface area (Å²) in [6, 6.07) is 4.13. The number of piperazine rings is 1. The minimum absolute atomic E-state index is 0.0416. The number of hydrogen-bond donors (Lipinski definition) is 0. The molecule has 0 N–H and O–H groups in total. The van der Waals surface area contributed by atoms with Gasteiger partial charge in [0.05, 0.1) is 0 Å². The van der Waals surface area contributed by atoms with Gasteiger partial charge < -0.3 is 14.7 Å². The Morgan fingerprint density at radius 1 is 1.10 bits per heavy atom. The Labute approximate surface area is 123 Å². The third kappa shape index (κ3) is 3.32. The van der Waals surface area contributed by atoms with Crippen molar-refractivity contribution in [3.8, 4) is 0 Å². The van der Waals surface area contributed by atoms with E-state index in [0.717, 1.165) is 0 Å². The van der Waals surface area contributed by atoms with Crippen molar-refractivity contribution < 1.29 is 14.0 Å². The van der Waals surface area contributed by atoms with E-state index in [1.807, 2.05) is 0 Å². The summed E-state index contributed by atoms with van der Waals surface area (Å²) in [7, 11) is 3.42. The predicted octanol–water partition coefficient (Wildman–Crippen LogP) is 1.57. The normalized spacial score (nSPS) is 15.0. The summed E-state index contributed by atoms with van der Waals surface area (Å²) in [4.78, 5) is 29.2. The number of rotatable bonds is 1. The van der Waals surface area contributed by atoms with Gasteiger partial charge in [0.25, 0.3) is 5.91 Å². The monoisotopic (exact) mass is 293 g/mol. The molecule has 0 aromatic heterocycles. The van der Waals surface area contributed by atoms with Gasteiger partial charge in [-0.25, -0.2) is 9.18 Å². The fourth-order valence-corrected chi connectivity index (χ4v) is 2.42. The molecule has 0 spiro atoms. The maximum atomic E-state index is 13.1. The van der Waals surface area contributed by atoms with E-state index in [1.165, 1.54) is 23.1 Å². The van der Waals surface area contributed by atoms with Crippen molar-refractivity contribution in [2.24, 2.45) is 0 Å². The quantitative estimate of drug-likeness (QED) is 0.789. The zero-order chi connectivity index (χ0) is 15.6. The molecule has 114 valence electrons. The number of nitrogens with zero attached hydrogens (tertiary/aromatic N) is 3. The molecule has 6 heteroatoms. The summed E-state index contributed by atoms with van der Waals surface area (Å²) in [6.45, 7) is 3.75. The van der Waals surface area contributed by atoms with Crippen molar-refractivity contribution in [1.82, 2.24) is 14.7 Å². The van der Waals surface area contributed by atoms with Gasteiger partial charge >= 0.3 is 6.03 Å². The minimum Gasteiger partial charge on any atom is -0.335 e. The molecule has 0 saturated carbocycles. The zero-order valence-electron chi connectivity index (χ0n) is 12.6. The second-order valence-electron chi connectivity index (χ2n) is 5.42. The second kappa shape index (κ2) is 6.11. The van der Waals surface area contributed by atoms with E-state index in [4.69, 9.17) is 0 Å². The average Bonchev–Trinajstić information content (AvgIpc) is 2.46. The fraction of sp³-hybridized carbons (Fsp3) is 0.467. The van der Waals surface area contributed by atoms with E-state index in [-0.39, 0.29) is 17.8 Å². The van der Waals surface area contributed by atoms with Crippen LogP contribution in [-0.2, 0) is 0 Å². The Balaban J connectivity index is 2.02. The largest absolute Gasteiger partial charge is 0.335 e. The Hall–Kier alpha value is -2.11. The van der Waals surface area contributed by atoms with Gasteiger partial charge in [-0.1, -0.05) is 0 Å². The van der Waals surface area contributed by atoms with Gasteiger partial charge in [0, 0.05) is 45.8 Å². The summed E-state index contributed by atoms with van der Waals surface area (Å²) >= 11 is 0. The van der Waals surface area contributed by atoms with Crippen LogP contribution in [0.3, 0.4) is 0 Å². The van der Waals surface area contributed by atoms with Crippen LogP contribution >= 0.6 is 0 Å². The van der Waals surface area contributed by atoms with Crippen LogP contribution in [0.2, 0.25) is 0 Å². The molecular weight excluding hydrogens is 273 g/mol. The van der Waals surface area contributed by atoms with Gasteiger partial charge in [0.2, 0.25) is 0 Å². The summed E-state index contributed by atoms with van der Waals surface area (Å²) in [5.41, 5.74) is 1.15. The smallest absolute Gasteiger partial charge is 0.319 e. The van der Waals surface area contributed by atoms with Crippen molar-refractivity contribution in [1.29, 1.82) is 0 Å². The molecule has 1 aromatic rings. The number of hydrogen-bond acceptors (Lipinski definition) is 2. The van der Waals surface area contributed by atoms with Crippen LogP contribution in [0.4, 0.5) is 9.18 Å². The first-order valence-corrected chi connectivity index (χ1v) is 6.92. The molecule has 1 heterocycles. The number of carbonyl (C=O) groups is 2. The summed E-state index contributed by atoms with van der Waals surface area (Å²) in [6.07, 6.45) is 0. The van der Waals surface area contributed by atoms with Crippen molar-refractivity contribution in [2.75, 3.05) is 40.3 Å². The molecule has 1 aliphatic heterocycles. The lowest BCUT2D eigenvalue weighted by atomic mass is 10.1. The van der Waals surface area contributed by atoms with Crippen molar-refractivity contribution in [3.63, 3.8) is 0 Å². The minimum atomic E-state index is -0.342. The maximum Gasteiger partial charge on any atom is 0.319 e. The first-order valence-electron chi connectivity index (χ1n) is 6.92. The highest BCUT2D eigenvalue weighted by atomic mass is 19.1. The highest BCUT2D eigenvalue weighted by molar-refractivity contribution is 5.95. The van der Waals surface area contributed by atoms with Crippen LogP contribution in [0.25, 0.3) is 0 Å². The van der Waals surface area contributed by atoms with E-state index >= 15 is 0 Å². The van der Waals surface area contributed by atoms with Crippen molar-refractivity contribution >= 4 is 11.9 Å². The molecule has 0 unspecified atom stereocenters. The third-order valence-corrected chi connectivity index (χ3v) is 3.64. The lowest BCUT2D eigenvalue weighted by Crippen LogP contribution is -2.52. The predicted molar refractivity (Wildman–Crippen MR) is 77.7 cm³/mol. The van der Waals surface area contributed by atoms with Gasteiger partial charge in [-0.05, 0) is 30.7 Å². The molecule has 5 nitrogen and oxygen atoms in total. The first kappa shape index (κ1) is 15.3. The van der Waals surface area contributed by atoms with Gasteiger partial charge in [-0.15, -0.1) is 0 Å². The maximum absolute atomic E-state index is 13.1. The number of urea groups is 1. The SMILES string of the molecule is Cc1cc(F)ccc1C(=O)N1CCN(C(=O)N(C)C)CC1. The van der Waals surface area contributed by atoms with Gasteiger partial charge in [0.1, 0.15) is 5.82 Å². The van der Waals surface area contributed by atoms with E-state index < -0.39 is 0 Å². The lowest BCUT2D eigenvalue weighted by molar-refractivity contribution is 0.0649. The number of aryl methyl sites for hydroxylation is 1. The Kier molecular flexibility index (Phi) is 4.45. The van der Waals surface area contributed by atoms with E-state index in [1.54, 1.807) is 30.8 Å². The van der Waals surface area contributed by atoms with E-state index in [2.05, 4.69) is 0 Å². The molecule has 1 saturated heterocycles. The average molecular weight is 293 g/mol. The molecule has 0 aliphatic carbocycles. The van der Waals surface area contributed by atoms with E-state index in [0.29, 0.717) is 37.3 Å². The van der Waals surface area contributed by atoms with Crippen LogP contribution in [0.5, 0.6) is 0 Å². The zero-order valence-corrected chi connectivity index (χ0v) is 12.6. The molecule has 1 fully saturated rings. The summed E-state index contributed by atoms with van der Waals surface area (Å²) in [5.74, 6) is -0.449. The van der Waals surface area contributed by atoms with Gasteiger partial charge in [-0.2, -0.15) is 0 Å². The summed E-state index contributed by atoms with van der Waals surface area (Å²) < 4.78 is 13.1. The molecule has 0 atom stereocenters. The van der Waals surface area contributed by atoms with Crippen LogP contribution in [0.15, 0.2) is 18.2 Å². The number of carbonyl (C=O) groups excluding carboxylic acids is 2. The van der Waals surface area contributed by atoms with E-state index in [9.17, 15) is 14.0 Å². The molecule has 2 rings (SSSR count). The molecule has 1 aliphatic rings. The van der Waals surface area contributed by atoms with Crippen LogP contribution in [0.1, 0.15) is 15.9 Å². The van der Waals surface area contributed by atoms with Crippen LogP contribution < -0.4 is 0 Å². The summed E-state index contributed by atoms with van der Waals surface area (Å²) in [5, 5.41) is 0. The topological polar surface area (TPSA) is 43.9 Å². The van der Waals surface area contributed by atoms with Crippen molar-refractivity contribution in [2.45, 2.75) is 6.92 Å². The molecule has 3 amide bonds. The number of amides is 3. The van der Waals surface area contributed by atoms with Crippen LogP contribution in [-0.4, -0.2) is 66.9 Å². The highest BCUT2D eigenvalue weighted by Gasteiger charge is 2.26.